The molecule has 2 heterocycles. The molecule has 24 heavy (non-hydrogen) atoms. The molecule has 6 nitrogen and oxygen atoms in total. The predicted octanol–water partition coefficient (Wildman–Crippen LogP) is 3.24. The van der Waals surface area contributed by atoms with E-state index in [1.807, 2.05) is 11.2 Å². The second-order valence-corrected chi connectivity index (χ2v) is 7.61. The van der Waals surface area contributed by atoms with Gasteiger partial charge in [-0.3, -0.25) is 0 Å². The number of nitrogens with zero attached hydrogens (tertiary/aromatic N) is 4. The summed E-state index contributed by atoms with van der Waals surface area (Å²) >= 11 is 1.64. The number of carbonyl (C=O) groups is 1. The molecule has 0 bridgehead atoms. The van der Waals surface area contributed by atoms with Gasteiger partial charge in [-0.05, 0) is 38.9 Å². The minimum Gasteiger partial charge on any atom is -0.335 e. The molecule has 0 aromatic carbocycles. The van der Waals surface area contributed by atoms with Crippen LogP contribution in [0, 0.1) is 0 Å². The first kappa shape index (κ1) is 17.6. The molecule has 7 heteroatoms. The van der Waals surface area contributed by atoms with E-state index in [4.69, 9.17) is 0 Å². The molecule has 1 saturated heterocycles. The van der Waals surface area contributed by atoms with Crippen LogP contribution in [0.1, 0.15) is 63.6 Å². The van der Waals surface area contributed by atoms with Gasteiger partial charge in [0, 0.05) is 31.6 Å². The SMILES string of the molecule is CCn1c(SC)nnc1C1CCN(C(=O)NC2CCCCC2)CC1. The third-order valence-electron chi connectivity index (χ3n) is 5.32. The lowest BCUT2D eigenvalue weighted by Crippen LogP contribution is -2.48. The number of amides is 2. The Kier molecular flexibility index (Phi) is 6.03. The zero-order chi connectivity index (χ0) is 16.9. The Hall–Kier alpha value is -1.24. The number of carbonyl (C=O) groups excluding carboxylic acids is 1. The molecule has 134 valence electrons. The third-order valence-corrected chi connectivity index (χ3v) is 5.99. The third kappa shape index (κ3) is 3.87. The van der Waals surface area contributed by atoms with Crippen molar-refractivity contribution in [2.45, 2.75) is 75.5 Å². The normalized spacial score (nSPS) is 20.3. The van der Waals surface area contributed by atoms with Gasteiger partial charge in [0.05, 0.1) is 0 Å². The van der Waals surface area contributed by atoms with Gasteiger partial charge in [-0.15, -0.1) is 10.2 Å². The summed E-state index contributed by atoms with van der Waals surface area (Å²) in [5.41, 5.74) is 0. The van der Waals surface area contributed by atoms with Crippen molar-refractivity contribution in [1.29, 1.82) is 0 Å². The minimum absolute atomic E-state index is 0.127. The summed E-state index contributed by atoms with van der Waals surface area (Å²) in [6.45, 7) is 4.67. The summed E-state index contributed by atoms with van der Waals surface area (Å²) in [6.07, 6.45) is 10.1. The van der Waals surface area contributed by atoms with Crippen molar-refractivity contribution in [3.8, 4) is 0 Å². The molecule has 1 aliphatic heterocycles. The summed E-state index contributed by atoms with van der Waals surface area (Å²) in [7, 11) is 0. The van der Waals surface area contributed by atoms with Crippen molar-refractivity contribution < 1.29 is 4.79 Å². The maximum Gasteiger partial charge on any atom is 0.317 e. The van der Waals surface area contributed by atoms with E-state index < -0.39 is 0 Å². The van der Waals surface area contributed by atoms with Crippen molar-refractivity contribution in [2.24, 2.45) is 0 Å². The average Bonchev–Trinajstić information content (AvgIpc) is 3.05. The Bertz CT molecular complexity index is 547. The summed E-state index contributed by atoms with van der Waals surface area (Å²) in [6, 6.07) is 0.512. The van der Waals surface area contributed by atoms with Crippen LogP contribution >= 0.6 is 11.8 Å². The topological polar surface area (TPSA) is 63.1 Å². The Morgan fingerprint density at radius 1 is 1.17 bits per heavy atom. The van der Waals surface area contributed by atoms with Crippen molar-refractivity contribution in [2.75, 3.05) is 19.3 Å². The van der Waals surface area contributed by atoms with E-state index in [-0.39, 0.29) is 6.03 Å². The Morgan fingerprint density at radius 2 is 1.88 bits per heavy atom. The van der Waals surface area contributed by atoms with Gasteiger partial charge in [0.1, 0.15) is 5.82 Å². The number of nitrogens with one attached hydrogen (secondary N) is 1. The van der Waals surface area contributed by atoms with Gasteiger partial charge in [0.2, 0.25) is 0 Å². The standard InChI is InChI=1S/C17H29N5OS/c1-3-22-15(19-20-17(22)24-2)13-9-11-21(12-10-13)16(23)18-14-7-5-4-6-8-14/h13-14H,3-12H2,1-2H3,(H,18,23). The number of thioether (sulfide) groups is 1. The van der Waals surface area contributed by atoms with Crippen molar-refractivity contribution in [3.05, 3.63) is 5.82 Å². The molecule has 2 fully saturated rings. The van der Waals surface area contributed by atoms with Gasteiger partial charge in [0.15, 0.2) is 5.16 Å². The van der Waals surface area contributed by atoms with E-state index in [0.29, 0.717) is 12.0 Å². The number of aromatic nitrogens is 3. The van der Waals surface area contributed by atoms with Gasteiger partial charge >= 0.3 is 6.03 Å². The van der Waals surface area contributed by atoms with E-state index in [9.17, 15) is 4.79 Å². The highest BCUT2D eigenvalue weighted by molar-refractivity contribution is 7.98. The van der Waals surface area contributed by atoms with Gasteiger partial charge in [-0.2, -0.15) is 0 Å². The fourth-order valence-corrected chi connectivity index (χ4v) is 4.47. The van der Waals surface area contributed by atoms with Crippen LogP contribution in [0.5, 0.6) is 0 Å². The quantitative estimate of drug-likeness (QED) is 0.846. The molecule has 0 spiro atoms. The second kappa shape index (κ2) is 8.23. The number of urea groups is 1. The average molecular weight is 352 g/mol. The fourth-order valence-electron chi connectivity index (χ4n) is 3.90. The lowest BCUT2D eigenvalue weighted by atomic mass is 9.95. The predicted molar refractivity (Wildman–Crippen MR) is 96.4 cm³/mol. The summed E-state index contributed by atoms with van der Waals surface area (Å²) < 4.78 is 2.22. The maximum atomic E-state index is 12.5. The number of rotatable bonds is 4. The first-order valence-corrected chi connectivity index (χ1v) is 10.5. The first-order chi connectivity index (χ1) is 11.7. The molecule has 1 saturated carbocycles. The second-order valence-electron chi connectivity index (χ2n) is 6.83. The number of piperidine rings is 1. The number of likely N-dealkylation sites (tertiary alicyclic amines) is 1. The van der Waals surface area contributed by atoms with E-state index >= 15 is 0 Å². The van der Waals surface area contributed by atoms with Crippen LogP contribution in [-0.2, 0) is 6.54 Å². The van der Waals surface area contributed by atoms with Crippen molar-refractivity contribution >= 4 is 17.8 Å². The van der Waals surface area contributed by atoms with Gasteiger partial charge in [-0.1, -0.05) is 31.0 Å². The highest BCUT2D eigenvalue weighted by Gasteiger charge is 2.28. The fraction of sp³-hybridized carbons (Fsp3) is 0.824. The highest BCUT2D eigenvalue weighted by Crippen LogP contribution is 2.29. The molecule has 2 aliphatic rings. The molecule has 2 amide bonds. The highest BCUT2D eigenvalue weighted by atomic mass is 32.2. The zero-order valence-corrected chi connectivity index (χ0v) is 15.6. The van der Waals surface area contributed by atoms with Crippen molar-refractivity contribution in [1.82, 2.24) is 25.0 Å². The van der Waals surface area contributed by atoms with Crippen LogP contribution < -0.4 is 5.32 Å². The smallest absolute Gasteiger partial charge is 0.317 e. The van der Waals surface area contributed by atoms with Crippen LogP contribution in [0.15, 0.2) is 5.16 Å². The molecular weight excluding hydrogens is 322 g/mol. The first-order valence-electron chi connectivity index (χ1n) is 9.25. The lowest BCUT2D eigenvalue weighted by molar-refractivity contribution is 0.173. The summed E-state index contributed by atoms with van der Waals surface area (Å²) in [4.78, 5) is 14.4. The van der Waals surface area contributed by atoms with Gasteiger partial charge < -0.3 is 14.8 Å². The van der Waals surface area contributed by atoms with Crippen LogP contribution in [0.2, 0.25) is 0 Å². The lowest BCUT2D eigenvalue weighted by Gasteiger charge is -2.33. The number of hydrogen-bond acceptors (Lipinski definition) is 4. The van der Waals surface area contributed by atoms with E-state index in [0.717, 1.165) is 56.3 Å². The van der Waals surface area contributed by atoms with Crippen LogP contribution in [-0.4, -0.2) is 51.1 Å². The van der Waals surface area contributed by atoms with Gasteiger partial charge in [-0.25, -0.2) is 4.79 Å². The Labute approximate surface area is 148 Å². The van der Waals surface area contributed by atoms with E-state index in [2.05, 4.69) is 27.0 Å². The summed E-state index contributed by atoms with van der Waals surface area (Å²) in [5, 5.41) is 12.9. The molecule has 1 aromatic heterocycles. The molecule has 0 unspecified atom stereocenters. The van der Waals surface area contributed by atoms with Crippen molar-refractivity contribution in [3.63, 3.8) is 0 Å². The molecule has 0 radical (unpaired) electrons. The molecule has 3 rings (SSSR count). The number of hydrogen-bond donors (Lipinski definition) is 1. The summed E-state index contributed by atoms with van der Waals surface area (Å²) in [5.74, 6) is 1.51. The van der Waals surface area contributed by atoms with Crippen LogP contribution in [0.3, 0.4) is 0 Å². The molecule has 0 atom stereocenters. The van der Waals surface area contributed by atoms with E-state index in [1.54, 1.807) is 11.8 Å². The minimum atomic E-state index is 0.127. The van der Waals surface area contributed by atoms with Gasteiger partial charge in [0.25, 0.3) is 0 Å². The largest absolute Gasteiger partial charge is 0.335 e. The zero-order valence-electron chi connectivity index (χ0n) is 14.8. The molecule has 1 aromatic rings. The monoisotopic (exact) mass is 351 g/mol. The van der Waals surface area contributed by atoms with Crippen LogP contribution in [0.25, 0.3) is 0 Å². The molecular formula is C17H29N5OS. The van der Waals surface area contributed by atoms with Crippen LogP contribution in [0.4, 0.5) is 4.79 Å². The van der Waals surface area contributed by atoms with E-state index in [1.165, 1.54) is 19.3 Å². The molecule has 1 N–H and O–H groups in total. The molecule has 1 aliphatic carbocycles. The Balaban J connectivity index is 1.53. The Morgan fingerprint density at radius 3 is 2.50 bits per heavy atom. The maximum absolute atomic E-state index is 12.5.